The van der Waals surface area contributed by atoms with Crippen molar-refractivity contribution in [1.82, 2.24) is 15.0 Å². The second-order valence-corrected chi connectivity index (χ2v) is 10.7. The van der Waals surface area contributed by atoms with Crippen LogP contribution in [0.15, 0.2) is 194 Å². The van der Waals surface area contributed by atoms with Gasteiger partial charge in [0.05, 0.1) is 19.2 Å². The molecule has 0 saturated heterocycles. The summed E-state index contributed by atoms with van der Waals surface area (Å²) in [5.74, 6) is 1.44. The van der Waals surface area contributed by atoms with Crippen LogP contribution in [0.4, 0.5) is 17.1 Å². The van der Waals surface area contributed by atoms with Crippen LogP contribution in [0, 0.1) is 0 Å². The molecule has 0 amide bonds. The lowest BCUT2D eigenvalue weighted by Gasteiger charge is -2.25. The first kappa shape index (κ1) is 18.6. The molecule has 0 saturated carbocycles. The monoisotopic (exact) mass is 658 g/mol. The molecular formula is C45H32N4O. The van der Waals surface area contributed by atoms with Crippen LogP contribution in [0.25, 0.3) is 45.3 Å². The zero-order chi connectivity index (χ0) is 45.7. The highest BCUT2D eigenvalue weighted by atomic mass is 16.5. The zero-order valence-corrected chi connectivity index (χ0v) is 26.1. The molecule has 1 aromatic heterocycles. The van der Waals surface area contributed by atoms with Gasteiger partial charge in [-0.3, -0.25) is 0 Å². The Bertz CT molecular complexity index is 2930. The fourth-order valence-electron chi connectivity index (χ4n) is 5.10. The van der Waals surface area contributed by atoms with Crippen LogP contribution < -0.4 is 9.64 Å². The predicted molar refractivity (Wildman–Crippen MR) is 203 cm³/mol. The van der Waals surface area contributed by atoms with Crippen molar-refractivity contribution in [2.75, 3.05) is 4.90 Å². The van der Waals surface area contributed by atoms with Gasteiger partial charge in [0.1, 0.15) is 11.5 Å². The number of anilines is 3. The molecule has 7 aromatic carbocycles. The molecule has 5 heteroatoms. The van der Waals surface area contributed by atoms with Crippen LogP contribution in [0.2, 0.25) is 0 Å². The zero-order valence-electron chi connectivity index (χ0n) is 40.1. The Morgan fingerprint density at radius 2 is 0.880 bits per heavy atom. The minimum atomic E-state index is -0.892. The molecule has 0 aliphatic rings. The molecule has 0 fully saturated rings. The highest BCUT2D eigenvalue weighted by Crippen LogP contribution is 2.40. The van der Waals surface area contributed by atoms with E-state index in [9.17, 15) is 5.48 Å². The van der Waals surface area contributed by atoms with E-state index in [-0.39, 0.29) is 22.7 Å². The summed E-state index contributed by atoms with van der Waals surface area (Å²) < 4.78 is 129. The number of nitrogens with zero attached hydrogens (tertiary/aromatic N) is 4. The third-order valence-electron chi connectivity index (χ3n) is 7.44. The van der Waals surface area contributed by atoms with Crippen molar-refractivity contribution < 1.29 is 23.9 Å². The molecule has 8 rings (SSSR count). The second-order valence-electron chi connectivity index (χ2n) is 10.7. The lowest BCUT2D eigenvalue weighted by molar-refractivity contribution is 0.484. The van der Waals surface area contributed by atoms with Gasteiger partial charge in [0.15, 0.2) is 17.5 Å². The molecule has 0 unspecified atom stereocenters. The predicted octanol–water partition coefficient (Wildman–Crippen LogP) is 11.8. The maximum atomic E-state index is 9.42. The van der Waals surface area contributed by atoms with Crippen molar-refractivity contribution in [3.05, 3.63) is 194 Å². The fraction of sp³-hybridized carbons (Fsp3) is 0. The molecule has 0 aliphatic heterocycles. The number of hydrogen-bond donors (Lipinski definition) is 0. The summed E-state index contributed by atoms with van der Waals surface area (Å²) in [6, 6.07) is 20.4. The first-order chi connectivity index (χ1) is 30.6. The summed E-state index contributed by atoms with van der Waals surface area (Å²) in [4.78, 5) is 15.0. The SMILES string of the molecule is [2H]c1c([2H])c([2H])c(N(c2c([2H])c([2H])c([2H])c([2H])c2[2H])c2c([2H])c([2H])c(-c3ccc(-c4nc(-c5ccccc5)nc(-c5ccccc5)n4)cc3Oc3ccccc3)c([2H])c2[2H])c([2H])c1[2H]. The van der Waals surface area contributed by atoms with Crippen molar-refractivity contribution >= 4 is 17.1 Å². The van der Waals surface area contributed by atoms with Gasteiger partial charge in [-0.25, -0.2) is 15.0 Å². The average Bonchev–Trinajstić information content (AvgIpc) is 3.32. The maximum absolute atomic E-state index is 9.42. The van der Waals surface area contributed by atoms with E-state index in [1.54, 1.807) is 42.5 Å². The Hall–Kier alpha value is -6.85. The van der Waals surface area contributed by atoms with Crippen LogP contribution in [0.5, 0.6) is 11.5 Å². The number of rotatable bonds is 9. The van der Waals surface area contributed by atoms with Crippen LogP contribution in [-0.2, 0) is 0 Å². The fourth-order valence-corrected chi connectivity index (χ4v) is 5.10. The van der Waals surface area contributed by atoms with Gasteiger partial charge in [-0.2, -0.15) is 0 Å². The van der Waals surface area contributed by atoms with Gasteiger partial charge in [-0.15, -0.1) is 0 Å². The van der Waals surface area contributed by atoms with E-state index in [0.717, 1.165) is 11.1 Å². The average molecular weight is 659 g/mol. The molecule has 8 aromatic rings. The summed E-state index contributed by atoms with van der Waals surface area (Å²) in [5, 5.41) is 0. The lowest BCUT2D eigenvalue weighted by Crippen LogP contribution is -2.09. The van der Waals surface area contributed by atoms with Gasteiger partial charge in [-0.1, -0.05) is 133 Å². The van der Waals surface area contributed by atoms with Crippen molar-refractivity contribution in [1.29, 1.82) is 0 Å². The first-order valence-corrected chi connectivity index (χ1v) is 15.4. The van der Waals surface area contributed by atoms with E-state index in [0.29, 0.717) is 27.9 Å². The molecule has 0 aliphatic carbocycles. The number of benzene rings is 7. The normalized spacial score (nSPS) is 14.7. The van der Waals surface area contributed by atoms with Gasteiger partial charge in [-0.05, 0) is 66.1 Å². The Labute approximate surface area is 311 Å². The standard InChI is InChI=1S/C45H32N4O/c1-6-16-34(17-7-1)43-46-44(35-18-8-2-9-19-35)48-45(47-43)36-28-31-41(42(32-36)50-40-24-14-5-15-25-40)33-26-29-39(30-27-33)49(37-20-10-3-11-21-37)38-22-12-4-13-23-38/h1-32H/i3D,4D,10D,11D,12D,13D,20D,21D,22D,23D,26D,27D,29D,30D. The van der Waals surface area contributed by atoms with E-state index < -0.39 is 102 Å². The molecule has 5 nitrogen and oxygen atoms in total. The van der Waals surface area contributed by atoms with E-state index in [2.05, 4.69) is 0 Å². The number of ether oxygens (including phenoxy) is 1. The van der Waals surface area contributed by atoms with Gasteiger partial charge < -0.3 is 9.64 Å². The van der Waals surface area contributed by atoms with E-state index in [1.807, 2.05) is 60.7 Å². The summed E-state index contributed by atoms with van der Waals surface area (Å²) in [7, 11) is 0. The van der Waals surface area contributed by atoms with Gasteiger partial charge in [0, 0.05) is 39.3 Å². The van der Waals surface area contributed by atoms with Crippen molar-refractivity contribution in [2.45, 2.75) is 0 Å². The minimum Gasteiger partial charge on any atom is -0.457 e. The smallest absolute Gasteiger partial charge is 0.164 e. The molecule has 0 N–H and O–H groups in total. The van der Waals surface area contributed by atoms with Crippen molar-refractivity contribution in [3.8, 4) is 56.8 Å². The molecular weight excluding hydrogens is 613 g/mol. The molecule has 0 atom stereocenters. The van der Waals surface area contributed by atoms with Crippen LogP contribution in [0.3, 0.4) is 0 Å². The van der Waals surface area contributed by atoms with Gasteiger partial charge in [0.25, 0.3) is 0 Å². The van der Waals surface area contributed by atoms with E-state index in [1.165, 1.54) is 6.07 Å². The van der Waals surface area contributed by atoms with E-state index in [4.69, 9.17) is 33.4 Å². The van der Waals surface area contributed by atoms with E-state index >= 15 is 0 Å². The molecule has 50 heavy (non-hydrogen) atoms. The lowest BCUT2D eigenvalue weighted by atomic mass is 10.0. The van der Waals surface area contributed by atoms with Crippen LogP contribution in [-0.4, -0.2) is 15.0 Å². The van der Waals surface area contributed by atoms with Crippen LogP contribution >= 0.6 is 0 Å². The molecule has 0 radical (unpaired) electrons. The highest BCUT2D eigenvalue weighted by Gasteiger charge is 2.17. The van der Waals surface area contributed by atoms with Gasteiger partial charge in [0.2, 0.25) is 0 Å². The Kier molecular flexibility index (Phi) is 5.25. The largest absolute Gasteiger partial charge is 0.457 e. The molecule has 0 spiro atoms. The highest BCUT2D eigenvalue weighted by molar-refractivity contribution is 5.81. The number of hydrogen-bond acceptors (Lipinski definition) is 5. The second kappa shape index (κ2) is 14.1. The topological polar surface area (TPSA) is 51.1 Å². The van der Waals surface area contributed by atoms with Gasteiger partial charge >= 0.3 is 0 Å². The Morgan fingerprint density at radius 3 is 1.40 bits per heavy atom. The maximum Gasteiger partial charge on any atom is 0.164 e. The molecule has 1 heterocycles. The Morgan fingerprint density at radius 1 is 0.420 bits per heavy atom. The quantitative estimate of drug-likeness (QED) is 0.154. The van der Waals surface area contributed by atoms with Crippen LogP contribution in [0.1, 0.15) is 19.2 Å². The summed E-state index contributed by atoms with van der Waals surface area (Å²) in [5.41, 5.74) is -0.582. The number of para-hydroxylation sites is 3. The van der Waals surface area contributed by atoms with Crippen molar-refractivity contribution in [2.24, 2.45) is 0 Å². The third-order valence-corrected chi connectivity index (χ3v) is 7.44. The minimum absolute atomic E-state index is 0.0632. The first-order valence-electron chi connectivity index (χ1n) is 22.4. The summed E-state index contributed by atoms with van der Waals surface area (Å²) in [6.07, 6.45) is 0. The van der Waals surface area contributed by atoms with Crippen molar-refractivity contribution in [3.63, 3.8) is 0 Å². The number of aromatic nitrogens is 3. The third kappa shape index (κ3) is 6.61. The summed E-state index contributed by atoms with van der Waals surface area (Å²) >= 11 is 0. The molecule has 0 bridgehead atoms. The summed E-state index contributed by atoms with van der Waals surface area (Å²) in [6.45, 7) is 0. The Balaban J connectivity index is 1.38. The molecule has 238 valence electrons.